The zero-order valence-corrected chi connectivity index (χ0v) is 12.2. The van der Waals surface area contributed by atoms with Gasteiger partial charge in [0.2, 0.25) is 0 Å². The average Bonchev–Trinajstić information content (AvgIpc) is 2.96. The second kappa shape index (κ2) is 5.44. The summed E-state index contributed by atoms with van der Waals surface area (Å²) in [6.07, 6.45) is 1.32. The van der Waals surface area contributed by atoms with Crippen molar-refractivity contribution in [3.63, 3.8) is 0 Å². The molecule has 3 aromatic rings. The Labute approximate surface area is 125 Å². The molecule has 0 aliphatic carbocycles. The van der Waals surface area contributed by atoms with Crippen molar-refractivity contribution in [3.05, 3.63) is 52.1 Å². The van der Waals surface area contributed by atoms with Gasteiger partial charge in [-0.05, 0) is 26.0 Å². The number of pyridine rings is 1. The molecular weight excluding hydrogens is 284 g/mol. The maximum absolute atomic E-state index is 12.0. The van der Waals surface area contributed by atoms with Crippen LogP contribution in [-0.4, -0.2) is 32.6 Å². The Kier molecular flexibility index (Phi) is 3.46. The summed E-state index contributed by atoms with van der Waals surface area (Å²) in [5.74, 6) is -0.534. The number of rotatable bonds is 3. The van der Waals surface area contributed by atoms with Crippen molar-refractivity contribution in [1.29, 1.82) is 0 Å². The lowest BCUT2D eigenvalue weighted by Gasteiger charge is -2.09. The number of hydrogen-bond donors (Lipinski definition) is 1. The molecule has 1 N–H and O–H groups in total. The number of carbonyl (C=O) groups excluding carboxylic acids is 1. The van der Waals surface area contributed by atoms with Crippen molar-refractivity contribution in [2.24, 2.45) is 0 Å². The SMILES string of the molecule is CCOC(=O)c1cnnn1-c1cc(=O)[nH]c2ccc(C)cc12. The minimum Gasteiger partial charge on any atom is -0.461 e. The number of benzene rings is 1. The molecule has 0 amide bonds. The van der Waals surface area contributed by atoms with Crippen LogP contribution in [0.1, 0.15) is 23.0 Å². The molecule has 2 heterocycles. The van der Waals surface area contributed by atoms with Gasteiger partial charge < -0.3 is 9.72 Å². The van der Waals surface area contributed by atoms with Crippen LogP contribution in [0.15, 0.2) is 35.3 Å². The fourth-order valence-electron chi connectivity index (χ4n) is 2.28. The molecule has 3 rings (SSSR count). The highest BCUT2D eigenvalue weighted by atomic mass is 16.5. The molecule has 0 fully saturated rings. The molecule has 0 radical (unpaired) electrons. The van der Waals surface area contributed by atoms with Gasteiger partial charge in [0.15, 0.2) is 5.69 Å². The number of aromatic nitrogens is 4. The third-order valence-corrected chi connectivity index (χ3v) is 3.24. The minimum absolute atomic E-state index is 0.176. The highest BCUT2D eigenvalue weighted by molar-refractivity contribution is 5.91. The van der Waals surface area contributed by atoms with Crippen LogP contribution in [0, 0.1) is 6.92 Å². The molecule has 0 bridgehead atoms. The number of nitrogens with one attached hydrogen (secondary N) is 1. The molecule has 0 unspecified atom stereocenters. The summed E-state index contributed by atoms with van der Waals surface area (Å²) < 4.78 is 6.32. The Balaban J connectivity index is 2.27. The maximum atomic E-state index is 12.0. The van der Waals surface area contributed by atoms with Gasteiger partial charge in [0, 0.05) is 11.5 Å². The molecule has 7 nitrogen and oxygen atoms in total. The standard InChI is InChI=1S/C15H14N4O3/c1-3-22-15(21)13-8-16-18-19(13)12-7-14(20)17-11-5-4-9(2)6-10(11)12/h4-8H,3H2,1-2H3,(H,17,20). The second-order valence-electron chi connectivity index (χ2n) is 4.82. The van der Waals surface area contributed by atoms with Crippen LogP contribution in [0.3, 0.4) is 0 Å². The van der Waals surface area contributed by atoms with Gasteiger partial charge >= 0.3 is 5.97 Å². The maximum Gasteiger partial charge on any atom is 0.358 e. The largest absolute Gasteiger partial charge is 0.461 e. The quantitative estimate of drug-likeness (QED) is 0.742. The van der Waals surface area contributed by atoms with Crippen molar-refractivity contribution in [3.8, 4) is 5.69 Å². The molecule has 0 atom stereocenters. The van der Waals surface area contributed by atoms with Crippen molar-refractivity contribution in [2.75, 3.05) is 6.61 Å². The van der Waals surface area contributed by atoms with Gasteiger partial charge in [0.1, 0.15) is 0 Å². The number of aryl methyl sites for hydroxylation is 1. The van der Waals surface area contributed by atoms with Gasteiger partial charge in [-0.25, -0.2) is 9.48 Å². The highest BCUT2D eigenvalue weighted by Gasteiger charge is 2.18. The van der Waals surface area contributed by atoms with E-state index in [4.69, 9.17) is 4.74 Å². The zero-order valence-electron chi connectivity index (χ0n) is 12.2. The summed E-state index contributed by atoms with van der Waals surface area (Å²) in [7, 11) is 0. The van der Waals surface area contributed by atoms with E-state index < -0.39 is 5.97 Å². The number of esters is 1. The summed E-state index contributed by atoms with van der Waals surface area (Å²) in [4.78, 5) is 26.6. The first kappa shape index (κ1) is 14.0. The molecule has 22 heavy (non-hydrogen) atoms. The smallest absolute Gasteiger partial charge is 0.358 e. The zero-order chi connectivity index (χ0) is 15.7. The predicted molar refractivity (Wildman–Crippen MR) is 80.2 cm³/mol. The molecular formula is C15H14N4O3. The Morgan fingerprint density at radius 2 is 2.18 bits per heavy atom. The Morgan fingerprint density at radius 3 is 2.95 bits per heavy atom. The second-order valence-corrected chi connectivity index (χ2v) is 4.82. The summed E-state index contributed by atoms with van der Waals surface area (Å²) >= 11 is 0. The minimum atomic E-state index is -0.534. The van der Waals surface area contributed by atoms with E-state index in [2.05, 4.69) is 15.3 Å². The Bertz CT molecular complexity index is 911. The average molecular weight is 298 g/mol. The van der Waals surface area contributed by atoms with E-state index in [0.29, 0.717) is 11.2 Å². The van der Waals surface area contributed by atoms with Gasteiger partial charge in [0.05, 0.1) is 24.0 Å². The van der Waals surface area contributed by atoms with E-state index >= 15 is 0 Å². The first-order valence-corrected chi connectivity index (χ1v) is 6.82. The summed E-state index contributed by atoms with van der Waals surface area (Å²) in [5.41, 5.74) is 2.08. The summed E-state index contributed by atoms with van der Waals surface area (Å²) in [6.45, 7) is 3.92. The highest BCUT2D eigenvalue weighted by Crippen LogP contribution is 2.21. The van der Waals surface area contributed by atoms with Crippen LogP contribution >= 0.6 is 0 Å². The number of nitrogens with zero attached hydrogens (tertiary/aromatic N) is 3. The molecule has 0 aliphatic heterocycles. The van der Waals surface area contributed by atoms with Gasteiger partial charge in [-0.1, -0.05) is 16.8 Å². The van der Waals surface area contributed by atoms with Crippen LogP contribution in [0.4, 0.5) is 0 Å². The molecule has 0 aliphatic rings. The molecule has 0 saturated carbocycles. The molecule has 1 aromatic carbocycles. The first-order chi connectivity index (χ1) is 10.6. The topological polar surface area (TPSA) is 89.9 Å². The van der Waals surface area contributed by atoms with Crippen LogP contribution in [-0.2, 0) is 4.74 Å². The van der Waals surface area contributed by atoms with E-state index in [1.54, 1.807) is 6.92 Å². The van der Waals surface area contributed by atoms with Gasteiger partial charge in [-0.3, -0.25) is 4.79 Å². The number of fused-ring (bicyclic) bond motifs is 1. The predicted octanol–water partition coefficient (Wildman–Crippen LogP) is 1.59. The number of H-pyrrole nitrogens is 1. The number of carbonyl (C=O) groups is 1. The third kappa shape index (κ3) is 2.37. The number of hydrogen-bond acceptors (Lipinski definition) is 5. The van der Waals surface area contributed by atoms with E-state index in [-0.39, 0.29) is 17.9 Å². The molecule has 2 aromatic heterocycles. The van der Waals surface area contributed by atoms with Crippen LogP contribution < -0.4 is 5.56 Å². The van der Waals surface area contributed by atoms with E-state index in [0.717, 1.165) is 10.9 Å². The number of ether oxygens (including phenoxy) is 1. The Hall–Kier alpha value is -2.96. The Morgan fingerprint density at radius 1 is 1.36 bits per heavy atom. The van der Waals surface area contributed by atoms with Gasteiger partial charge in [-0.15, -0.1) is 5.10 Å². The molecule has 0 spiro atoms. The molecule has 112 valence electrons. The third-order valence-electron chi connectivity index (χ3n) is 3.24. The van der Waals surface area contributed by atoms with E-state index in [1.807, 2.05) is 25.1 Å². The summed E-state index contributed by atoms with van der Waals surface area (Å²) in [5, 5.41) is 8.46. The fourth-order valence-corrected chi connectivity index (χ4v) is 2.28. The number of aromatic amines is 1. The van der Waals surface area contributed by atoms with Crippen molar-refractivity contribution >= 4 is 16.9 Å². The molecule has 0 saturated heterocycles. The van der Waals surface area contributed by atoms with Crippen LogP contribution in [0.2, 0.25) is 0 Å². The lowest BCUT2D eigenvalue weighted by Crippen LogP contribution is -2.15. The lowest BCUT2D eigenvalue weighted by atomic mass is 10.1. The van der Waals surface area contributed by atoms with Gasteiger partial charge in [0.25, 0.3) is 5.56 Å². The van der Waals surface area contributed by atoms with Crippen molar-refractivity contribution in [1.82, 2.24) is 20.0 Å². The van der Waals surface area contributed by atoms with Gasteiger partial charge in [-0.2, -0.15) is 0 Å². The first-order valence-electron chi connectivity index (χ1n) is 6.82. The van der Waals surface area contributed by atoms with Crippen LogP contribution in [0.25, 0.3) is 16.6 Å². The van der Waals surface area contributed by atoms with Crippen molar-refractivity contribution in [2.45, 2.75) is 13.8 Å². The lowest BCUT2D eigenvalue weighted by molar-refractivity contribution is 0.0516. The summed E-state index contributed by atoms with van der Waals surface area (Å²) in [6, 6.07) is 7.02. The van der Waals surface area contributed by atoms with E-state index in [9.17, 15) is 9.59 Å². The fraction of sp³-hybridized carbons (Fsp3) is 0.200. The van der Waals surface area contributed by atoms with Crippen LogP contribution in [0.5, 0.6) is 0 Å². The monoisotopic (exact) mass is 298 g/mol. The van der Waals surface area contributed by atoms with Crippen molar-refractivity contribution < 1.29 is 9.53 Å². The van der Waals surface area contributed by atoms with E-state index in [1.165, 1.54) is 16.9 Å². The molecule has 7 heteroatoms. The normalized spacial score (nSPS) is 10.8.